The third-order valence-electron chi connectivity index (χ3n) is 3.51. The Balaban J connectivity index is 0.00000529. The molecule has 1 N–H and O–H groups in total. The van der Waals surface area contributed by atoms with Crippen LogP contribution >= 0.6 is 24.2 Å². The van der Waals surface area contributed by atoms with Crippen LogP contribution in [-0.4, -0.2) is 44.1 Å². The number of hydrogen-bond acceptors (Lipinski definition) is 5. The number of hydrogen-bond donors (Lipinski definition) is 1. The van der Waals surface area contributed by atoms with Crippen LogP contribution in [0.25, 0.3) is 0 Å². The van der Waals surface area contributed by atoms with Gasteiger partial charge in [-0.3, -0.25) is 4.79 Å². The zero-order valence-electron chi connectivity index (χ0n) is 14.8. The first-order valence-corrected chi connectivity index (χ1v) is 7.70. The molecule has 1 atom stereocenters. The van der Waals surface area contributed by atoms with Gasteiger partial charge in [-0.05, 0) is 48.4 Å². The van der Waals surface area contributed by atoms with E-state index in [1.165, 1.54) is 7.05 Å². The van der Waals surface area contributed by atoms with Crippen LogP contribution in [0.3, 0.4) is 0 Å². The predicted octanol–water partition coefficient (Wildman–Crippen LogP) is 3.21. The van der Waals surface area contributed by atoms with E-state index >= 15 is 0 Å². The van der Waals surface area contributed by atoms with Gasteiger partial charge in [-0.15, -0.1) is 12.4 Å². The van der Waals surface area contributed by atoms with Gasteiger partial charge in [-0.25, -0.2) is 14.5 Å². The molecule has 2 amide bonds. The van der Waals surface area contributed by atoms with Crippen molar-refractivity contribution in [3.63, 3.8) is 0 Å². The molecule has 0 saturated carbocycles. The van der Waals surface area contributed by atoms with E-state index in [0.29, 0.717) is 5.75 Å². The van der Waals surface area contributed by atoms with Gasteiger partial charge in [0.25, 0.3) is 0 Å². The quantitative estimate of drug-likeness (QED) is 0.798. The maximum Gasteiger partial charge on any atom is 0.421 e. The summed E-state index contributed by atoms with van der Waals surface area (Å²) in [5.74, 6) is -0.115. The number of likely N-dealkylation sites (N-methyl/N-ethyl adjacent to an activating group) is 1. The smallest absolute Gasteiger partial charge is 0.410 e. The summed E-state index contributed by atoms with van der Waals surface area (Å²) in [6.07, 6.45) is -0.746. The molecular weight excluding hydrogens is 353 g/mol. The number of nitrogens with one attached hydrogen (secondary N) is 1. The van der Waals surface area contributed by atoms with Gasteiger partial charge >= 0.3 is 6.09 Å². The minimum atomic E-state index is -0.746. The zero-order chi connectivity index (χ0) is 17.7. The second-order valence-corrected chi connectivity index (χ2v) is 6.16. The molecule has 1 aromatic carbocycles. The lowest BCUT2D eigenvalue weighted by Gasteiger charge is -2.23. The normalized spacial score (nSPS) is 11.5. The monoisotopic (exact) mass is 377 g/mol. The number of aryl methyl sites for hydroxylation is 1. The molecular formula is C16H25Cl2N3O3. The molecule has 0 spiro atoms. The Bertz CT molecular complexity index is 580. The Hall–Kier alpha value is -1.50. The molecule has 0 saturated heterocycles. The van der Waals surface area contributed by atoms with Gasteiger partial charge in [0, 0.05) is 26.8 Å². The Kier molecular flexibility index (Phi) is 9.11. The van der Waals surface area contributed by atoms with E-state index in [-0.39, 0.29) is 18.3 Å². The van der Waals surface area contributed by atoms with Crippen molar-refractivity contribution >= 4 is 41.9 Å². The molecule has 0 radical (unpaired) electrons. The lowest BCUT2D eigenvalue weighted by atomic mass is 10.0. The van der Waals surface area contributed by atoms with Crippen molar-refractivity contribution in [1.29, 1.82) is 0 Å². The van der Waals surface area contributed by atoms with E-state index in [1.807, 2.05) is 45.8 Å². The van der Waals surface area contributed by atoms with E-state index in [4.69, 9.17) is 16.5 Å². The van der Waals surface area contributed by atoms with Gasteiger partial charge in [0.2, 0.25) is 5.91 Å². The Morgan fingerprint density at radius 1 is 1.21 bits per heavy atom. The first-order chi connectivity index (χ1) is 10.7. The molecule has 1 rings (SSSR count). The fraction of sp³-hybridized carbons (Fsp3) is 0.500. The first kappa shape index (κ1) is 22.5. The molecule has 0 heterocycles. The van der Waals surface area contributed by atoms with Crippen LogP contribution in [0, 0.1) is 12.8 Å². The highest BCUT2D eigenvalue weighted by Gasteiger charge is 2.29. The number of nitrogens with zero attached hydrogens (tertiary/aromatic N) is 2. The number of rotatable bonds is 5. The summed E-state index contributed by atoms with van der Waals surface area (Å²) >= 11 is 5.58. The topological polar surface area (TPSA) is 61.9 Å². The number of amides is 2. The van der Waals surface area contributed by atoms with Crippen LogP contribution in [-0.2, 0) is 4.79 Å². The summed E-state index contributed by atoms with van der Waals surface area (Å²) in [6.45, 7) is 5.59. The number of carbonyl (C=O) groups is 2. The van der Waals surface area contributed by atoms with Crippen molar-refractivity contribution in [1.82, 2.24) is 9.74 Å². The van der Waals surface area contributed by atoms with Crippen molar-refractivity contribution in [3.05, 3.63) is 23.8 Å². The van der Waals surface area contributed by atoms with E-state index in [2.05, 4.69) is 4.84 Å². The molecule has 0 aromatic heterocycles. The Morgan fingerprint density at radius 2 is 1.79 bits per heavy atom. The van der Waals surface area contributed by atoms with Crippen molar-refractivity contribution in [2.75, 3.05) is 26.0 Å². The van der Waals surface area contributed by atoms with Crippen LogP contribution in [0.4, 0.5) is 10.5 Å². The molecule has 0 fully saturated rings. The van der Waals surface area contributed by atoms with Crippen molar-refractivity contribution in [3.8, 4) is 5.75 Å². The Labute approximate surface area is 154 Å². The minimum absolute atomic E-state index is 0. The summed E-state index contributed by atoms with van der Waals surface area (Å²) in [4.78, 5) is 29.6. The molecule has 1 aromatic rings. The highest BCUT2D eigenvalue weighted by molar-refractivity contribution is 6.15. The van der Waals surface area contributed by atoms with E-state index in [9.17, 15) is 9.59 Å². The van der Waals surface area contributed by atoms with Crippen LogP contribution in [0.2, 0.25) is 0 Å². The maximum absolute atomic E-state index is 12.2. The van der Waals surface area contributed by atoms with E-state index < -0.39 is 18.0 Å². The van der Waals surface area contributed by atoms with Crippen LogP contribution in [0.1, 0.15) is 19.4 Å². The van der Waals surface area contributed by atoms with Gasteiger partial charge in [0.1, 0.15) is 11.8 Å². The molecule has 8 heteroatoms. The van der Waals surface area contributed by atoms with Crippen LogP contribution < -0.4 is 14.5 Å². The number of benzene rings is 1. The summed E-state index contributed by atoms with van der Waals surface area (Å²) in [5, 5.41) is 0. The first-order valence-electron chi connectivity index (χ1n) is 7.32. The van der Waals surface area contributed by atoms with Crippen molar-refractivity contribution in [2.45, 2.75) is 26.8 Å². The molecule has 1 unspecified atom stereocenters. The second-order valence-electron chi connectivity index (χ2n) is 5.94. The fourth-order valence-corrected chi connectivity index (χ4v) is 2.46. The van der Waals surface area contributed by atoms with Crippen LogP contribution in [0.5, 0.6) is 5.75 Å². The standard InChI is InChI=1S/C16H24ClN3O3.ClH/c1-10(2)14(18-17)15(21)20(6)16(22)23-12-7-8-13(19(4)5)11(3)9-12;/h7-10,14,18H,1-6H3;1H. The minimum Gasteiger partial charge on any atom is -0.410 e. The lowest BCUT2D eigenvalue weighted by molar-refractivity contribution is -0.130. The van der Waals surface area contributed by atoms with E-state index in [1.54, 1.807) is 12.1 Å². The van der Waals surface area contributed by atoms with Gasteiger partial charge in [-0.1, -0.05) is 13.8 Å². The molecule has 0 aliphatic heterocycles. The highest BCUT2D eigenvalue weighted by Crippen LogP contribution is 2.23. The highest BCUT2D eigenvalue weighted by atomic mass is 35.5. The van der Waals surface area contributed by atoms with Gasteiger partial charge < -0.3 is 9.64 Å². The van der Waals surface area contributed by atoms with E-state index in [0.717, 1.165) is 16.2 Å². The summed E-state index contributed by atoms with van der Waals surface area (Å²) in [5.41, 5.74) is 2.00. The summed E-state index contributed by atoms with van der Waals surface area (Å²) in [7, 11) is 5.24. The van der Waals surface area contributed by atoms with Gasteiger partial charge in [0.05, 0.1) is 0 Å². The van der Waals surface area contributed by atoms with Gasteiger partial charge in [0.15, 0.2) is 0 Å². The molecule has 6 nitrogen and oxygen atoms in total. The number of halogens is 2. The summed E-state index contributed by atoms with van der Waals surface area (Å²) in [6, 6.07) is 4.65. The summed E-state index contributed by atoms with van der Waals surface area (Å²) < 4.78 is 5.26. The van der Waals surface area contributed by atoms with Crippen molar-refractivity contribution in [2.24, 2.45) is 5.92 Å². The zero-order valence-corrected chi connectivity index (χ0v) is 16.4. The number of anilines is 1. The SMILES string of the molecule is Cc1cc(OC(=O)N(C)C(=O)C(NCl)C(C)C)ccc1N(C)C.Cl. The molecule has 0 aliphatic carbocycles. The average Bonchev–Trinajstić information content (AvgIpc) is 2.46. The second kappa shape index (κ2) is 9.71. The van der Waals surface area contributed by atoms with Crippen LogP contribution in [0.15, 0.2) is 18.2 Å². The third-order valence-corrected chi connectivity index (χ3v) is 3.75. The largest absolute Gasteiger partial charge is 0.421 e. The van der Waals surface area contributed by atoms with Gasteiger partial charge in [-0.2, -0.15) is 0 Å². The predicted molar refractivity (Wildman–Crippen MR) is 99.2 cm³/mol. The molecule has 0 aliphatic rings. The Morgan fingerprint density at radius 3 is 2.21 bits per heavy atom. The molecule has 24 heavy (non-hydrogen) atoms. The average molecular weight is 378 g/mol. The molecule has 0 bridgehead atoms. The number of imide groups is 1. The lowest BCUT2D eigenvalue weighted by Crippen LogP contribution is -2.48. The molecule has 136 valence electrons. The van der Waals surface area contributed by atoms with Crippen molar-refractivity contribution < 1.29 is 14.3 Å². The third kappa shape index (κ3) is 5.54. The fourth-order valence-electron chi connectivity index (χ4n) is 2.12. The maximum atomic E-state index is 12.2. The number of carbonyl (C=O) groups excluding carboxylic acids is 2. The number of ether oxygens (including phenoxy) is 1.